The van der Waals surface area contributed by atoms with Gasteiger partial charge in [-0.1, -0.05) is 133 Å². The number of hydrogen-bond acceptors (Lipinski definition) is 5. The second-order valence-electron chi connectivity index (χ2n) is 11.6. The van der Waals surface area contributed by atoms with Crippen molar-refractivity contribution in [2.75, 3.05) is 0 Å². The molecule has 0 bridgehead atoms. The van der Waals surface area contributed by atoms with Gasteiger partial charge in [-0.15, -0.1) is 0 Å². The number of aliphatic imine (C=N–C) groups is 2. The van der Waals surface area contributed by atoms with E-state index in [1.807, 2.05) is 78.9 Å². The van der Waals surface area contributed by atoms with Gasteiger partial charge in [0.2, 0.25) is 0 Å². The summed E-state index contributed by atoms with van der Waals surface area (Å²) < 4.78 is 2.14. The van der Waals surface area contributed by atoms with Crippen LogP contribution in [-0.4, -0.2) is 26.0 Å². The van der Waals surface area contributed by atoms with E-state index in [0.717, 1.165) is 61.0 Å². The number of benzene rings is 6. The molecule has 0 radical (unpaired) electrons. The van der Waals surface area contributed by atoms with Gasteiger partial charge in [0.25, 0.3) is 0 Å². The van der Waals surface area contributed by atoms with Gasteiger partial charge in [0.1, 0.15) is 11.8 Å². The summed E-state index contributed by atoms with van der Waals surface area (Å²) in [5.41, 5.74) is 10.0. The summed E-state index contributed by atoms with van der Waals surface area (Å²) in [4.78, 5) is 20.8. The summed E-state index contributed by atoms with van der Waals surface area (Å²) in [5.74, 6) is 1.96. The SMILES string of the molecule is c1ccc(C2=NC(c3ccccc3)NC(c3nc4cc(-c5ccccc5)c(-c5ccccc5)cc4c4nc5ccccc5n34)=N2)cc1. The van der Waals surface area contributed by atoms with E-state index in [4.69, 9.17) is 20.0 Å². The molecule has 3 heterocycles. The van der Waals surface area contributed by atoms with Crippen molar-refractivity contribution in [3.63, 3.8) is 0 Å². The van der Waals surface area contributed by atoms with Crippen LogP contribution < -0.4 is 5.32 Å². The highest BCUT2D eigenvalue weighted by atomic mass is 15.2. The van der Waals surface area contributed by atoms with E-state index < -0.39 is 0 Å². The zero-order valence-corrected chi connectivity index (χ0v) is 25.3. The molecule has 6 aromatic carbocycles. The van der Waals surface area contributed by atoms with Crippen LogP contribution >= 0.6 is 0 Å². The molecular weight excluding hydrogens is 576 g/mol. The van der Waals surface area contributed by atoms with Crippen molar-refractivity contribution in [1.82, 2.24) is 19.7 Å². The zero-order valence-electron chi connectivity index (χ0n) is 25.3. The fourth-order valence-electron chi connectivity index (χ4n) is 6.40. The van der Waals surface area contributed by atoms with E-state index in [-0.39, 0.29) is 6.17 Å². The summed E-state index contributed by atoms with van der Waals surface area (Å²) in [6, 6.07) is 54.0. The Morgan fingerprint density at radius 2 is 1.11 bits per heavy atom. The Kier molecular flexibility index (Phi) is 6.42. The van der Waals surface area contributed by atoms with Crippen molar-refractivity contribution in [2.45, 2.75) is 6.17 Å². The Balaban J connectivity index is 1.34. The second kappa shape index (κ2) is 11.2. The van der Waals surface area contributed by atoms with E-state index in [0.29, 0.717) is 17.5 Å². The normalized spacial score (nSPS) is 14.6. The van der Waals surface area contributed by atoms with Crippen molar-refractivity contribution >= 4 is 39.3 Å². The quantitative estimate of drug-likeness (QED) is 0.213. The molecule has 1 atom stereocenters. The van der Waals surface area contributed by atoms with Crippen LogP contribution in [0.5, 0.6) is 0 Å². The number of nitrogens with one attached hydrogen (secondary N) is 1. The van der Waals surface area contributed by atoms with Gasteiger partial charge < -0.3 is 5.32 Å². The number of hydrogen-bond donors (Lipinski definition) is 1. The molecule has 0 fully saturated rings. The number of fused-ring (bicyclic) bond motifs is 5. The van der Waals surface area contributed by atoms with Gasteiger partial charge in [-0.05, 0) is 52.1 Å². The van der Waals surface area contributed by atoms with E-state index in [9.17, 15) is 0 Å². The first-order valence-corrected chi connectivity index (χ1v) is 15.7. The third-order valence-corrected chi connectivity index (χ3v) is 8.65. The van der Waals surface area contributed by atoms with Crippen LogP contribution in [0.15, 0.2) is 168 Å². The van der Waals surface area contributed by atoms with Crippen LogP contribution in [0, 0.1) is 0 Å². The van der Waals surface area contributed by atoms with Gasteiger partial charge in [0.15, 0.2) is 17.5 Å². The maximum Gasteiger partial charge on any atom is 0.182 e. The predicted octanol–water partition coefficient (Wildman–Crippen LogP) is 8.87. The van der Waals surface area contributed by atoms with Gasteiger partial charge in [-0.2, -0.15) is 0 Å². The summed E-state index contributed by atoms with van der Waals surface area (Å²) in [7, 11) is 0. The van der Waals surface area contributed by atoms with Gasteiger partial charge in [-0.3, -0.25) is 4.40 Å². The maximum atomic E-state index is 5.40. The van der Waals surface area contributed by atoms with Crippen LogP contribution in [0.3, 0.4) is 0 Å². The molecule has 1 unspecified atom stereocenters. The molecule has 9 rings (SSSR count). The molecule has 1 N–H and O–H groups in total. The van der Waals surface area contributed by atoms with Crippen LogP contribution in [0.2, 0.25) is 0 Å². The highest BCUT2D eigenvalue weighted by molar-refractivity contribution is 6.14. The molecule has 0 spiro atoms. The van der Waals surface area contributed by atoms with Crippen molar-refractivity contribution in [3.8, 4) is 22.3 Å². The lowest BCUT2D eigenvalue weighted by molar-refractivity contribution is 0.670. The first-order valence-electron chi connectivity index (χ1n) is 15.7. The lowest BCUT2D eigenvalue weighted by atomic mass is 9.93. The van der Waals surface area contributed by atoms with E-state index >= 15 is 0 Å². The number of rotatable bonds is 5. The summed E-state index contributed by atoms with van der Waals surface area (Å²) >= 11 is 0. The molecule has 0 amide bonds. The minimum atomic E-state index is -0.346. The summed E-state index contributed by atoms with van der Waals surface area (Å²) in [6.45, 7) is 0. The highest BCUT2D eigenvalue weighted by Crippen LogP contribution is 2.37. The van der Waals surface area contributed by atoms with Crippen LogP contribution in [0.1, 0.15) is 23.1 Å². The number of nitrogens with zero attached hydrogens (tertiary/aromatic N) is 5. The Labute approximate surface area is 271 Å². The minimum absolute atomic E-state index is 0.346. The molecular formula is C41H28N6. The largest absolute Gasteiger partial charge is 0.342 e. The van der Waals surface area contributed by atoms with Crippen molar-refractivity contribution in [2.24, 2.45) is 9.98 Å². The predicted molar refractivity (Wildman–Crippen MR) is 191 cm³/mol. The van der Waals surface area contributed by atoms with E-state index in [1.54, 1.807) is 0 Å². The van der Waals surface area contributed by atoms with Crippen LogP contribution in [-0.2, 0) is 0 Å². The molecule has 0 saturated carbocycles. The Morgan fingerprint density at radius 1 is 0.532 bits per heavy atom. The second-order valence-corrected chi connectivity index (χ2v) is 11.6. The molecule has 1 aliphatic rings. The van der Waals surface area contributed by atoms with Gasteiger partial charge in [-0.25, -0.2) is 20.0 Å². The molecule has 1 aliphatic heterocycles. The third-order valence-electron chi connectivity index (χ3n) is 8.65. The Morgan fingerprint density at radius 3 is 1.79 bits per heavy atom. The van der Waals surface area contributed by atoms with Crippen LogP contribution in [0.25, 0.3) is 49.8 Å². The zero-order chi connectivity index (χ0) is 31.2. The van der Waals surface area contributed by atoms with Crippen molar-refractivity contribution in [3.05, 3.63) is 175 Å². The Bertz CT molecular complexity index is 2470. The topological polar surface area (TPSA) is 66.9 Å². The lowest BCUT2D eigenvalue weighted by Gasteiger charge is -2.24. The fraction of sp³-hybridized carbons (Fsp3) is 0.0244. The van der Waals surface area contributed by atoms with E-state index in [2.05, 4.69) is 88.6 Å². The minimum Gasteiger partial charge on any atom is -0.342 e. The maximum absolute atomic E-state index is 5.40. The molecule has 2 aromatic heterocycles. The van der Waals surface area contributed by atoms with Gasteiger partial charge in [0, 0.05) is 10.9 Å². The van der Waals surface area contributed by atoms with Gasteiger partial charge in [0.05, 0.1) is 16.6 Å². The van der Waals surface area contributed by atoms with E-state index in [1.165, 1.54) is 0 Å². The molecule has 8 aromatic rings. The average molecular weight is 605 g/mol. The van der Waals surface area contributed by atoms with Crippen molar-refractivity contribution in [1.29, 1.82) is 0 Å². The molecule has 0 aliphatic carbocycles. The third kappa shape index (κ3) is 4.75. The Hall–Kier alpha value is -6.40. The number of para-hydroxylation sites is 2. The summed E-state index contributed by atoms with van der Waals surface area (Å²) in [5, 5.41) is 4.60. The van der Waals surface area contributed by atoms with Crippen molar-refractivity contribution < 1.29 is 0 Å². The number of imidazole rings is 1. The highest BCUT2D eigenvalue weighted by Gasteiger charge is 2.26. The monoisotopic (exact) mass is 604 g/mol. The number of amidine groups is 2. The smallest absolute Gasteiger partial charge is 0.182 e. The first kappa shape index (κ1) is 27.0. The van der Waals surface area contributed by atoms with Gasteiger partial charge >= 0.3 is 0 Å². The molecule has 47 heavy (non-hydrogen) atoms. The lowest BCUT2D eigenvalue weighted by Crippen LogP contribution is -2.35. The molecule has 6 heteroatoms. The molecule has 6 nitrogen and oxygen atoms in total. The molecule has 222 valence electrons. The summed E-state index contributed by atoms with van der Waals surface area (Å²) in [6.07, 6.45) is -0.346. The standard InChI is InChI=1S/C41H28N6/c1-5-15-27(16-6-1)31-25-33-35(26-32(31)28-17-7-2-8-18-28)43-41(47-36-24-14-13-23-34(36)42-40(33)47)39-45-37(29-19-9-3-10-20-29)44-38(46-39)30-21-11-4-12-22-30/h1-26,37H,(H,44,45,46). The average Bonchev–Trinajstić information content (AvgIpc) is 3.55. The number of aromatic nitrogens is 3. The fourth-order valence-corrected chi connectivity index (χ4v) is 6.40. The molecule has 0 saturated heterocycles. The first-order chi connectivity index (χ1) is 23.3. The van der Waals surface area contributed by atoms with Crippen LogP contribution in [0.4, 0.5) is 0 Å².